The molecule has 0 bridgehead atoms. The van der Waals surface area contributed by atoms with Crippen LogP contribution in [0.1, 0.15) is 18.5 Å². The van der Waals surface area contributed by atoms with Gasteiger partial charge in [-0.1, -0.05) is 28.1 Å². The standard InChI is InChI=1S/C15H17BrN2O/c1-10(11-4-3-5-12(16)8-11)18-15-7-6-13(19-2)9-14(15)17/h3-10,18H,17H2,1-2H3. The third-order valence-electron chi connectivity index (χ3n) is 2.98. The Hall–Kier alpha value is -1.68. The highest BCUT2D eigenvalue weighted by molar-refractivity contribution is 9.10. The molecule has 0 saturated carbocycles. The lowest BCUT2D eigenvalue weighted by Crippen LogP contribution is -2.08. The average molecular weight is 321 g/mol. The molecule has 0 aliphatic carbocycles. The summed E-state index contributed by atoms with van der Waals surface area (Å²) in [5, 5.41) is 3.40. The second-order valence-corrected chi connectivity index (χ2v) is 5.29. The van der Waals surface area contributed by atoms with E-state index in [1.807, 2.05) is 30.3 Å². The minimum atomic E-state index is 0.174. The molecule has 3 nitrogen and oxygen atoms in total. The smallest absolute Gasteiger partial charge is 0.121 e. The Bertz CT molecular complexity index is 572. The number of rotatable bonds is 4. The lowest BCUT2D eigenvalue weighted by molar-refractivity contribution is 0.415. The molecular formula is C15H17BrN2O. The Kier molecular flexibility index (Phi) is 4.32. The van der Waals surface area contributed by atoms with Gasteiger partial charge in [0.2, 0.25) is 0 Å². The maximum Gasteiger partial charge on any atom is 0.121 e. The first-order chi connectivity index (χ1) is 9.10. The number of benzene rings is 2. The molecule has 2 aromatic rings. The number of nitrogen functional groups attached to an aromatic ring is 1. The Morgan fingerprint density at radius 2 is 2.00 bits per heavy atom. The molecule has 2 rings (SSSR count). The van der Waals surface area contributed by atoms with Crippen LogP contribution in [0.4, 0.5) is 11.4 Å². The predicted molar refractivity (Wildman–Crippen MR) is 83.6 cm³/mol. The number of hydrogen-bond acceptors (Lipinski definition) is 3. The molecule has 0 amide bonds. The van der Waals surface area contributed by atoms with E-state index in [4.69, 9.17) is 10.5 Å². The summed E-state index contributed by atoms with van der Waals surface area (Å²) in [6, 6.07) is 14.0. The van der Waals surface area contributed by atoms with Crippen molar-refractivity contribution in [3.8, 4) is 5.75 Å². The van der Waals surface area contributed by atoms with Gasteiger partial charge in [-0.15, -0.1) is 0 Å². The molecule has 0 radical (unpaired) electrons. The van der Waals surface area contributed by atoms with Gasteiger partial charge in [-0.3, -0.25) is 0 Å². The van der Waals surface area contributed by atoms with Gasteiger partial charge in [-0.2, -0.15) is 0 Å². The van der Waals surface area contributed by atoms with Crippen LogP contribution in [0.5, 0.6) is 5.75 Å². The van der Waals surface area contributed by atoms with Crippen LogP contribution in [0.15, 0.2) is 46.9 Å². The number of hydrogen-bond donors (Lipinski definition) is 2. The zero-order chi connectivity index (χ0) is 13.8. The second kappa shape index (κ2) is 5.97. The first-order valence-corrected chi connectivity index (χ1v) is 6.85. The first-order valence-electron chi connectivity index (χ1n) is 6.05. The number of methoxy groups -OCH3 is 1. The summed E-state index contributed by atoms with van der Waals surface area (Å²) < 4.78 is 6.21. The van der Waals surface area contributed by atoms with Crippen molar-refractivity contribution in [2.45, 2.75) is 13.0 Å². The average Bonchev–Trinajstić information content (AvgIpc) is 2.41. The SMILES string of the molecule is COc1ccc(NC(C)c2cccc(Br)c2)c(N)c1. The molecule has 0 fully saturated rings. The molecule has 2 aromatic carbocycles. The van der Waals surface area contributed by atoms with Crippen molar-refractivity contribution in [1.29, 1.82) is 0 Å². The molecule has 4 heteroatoms. The fourth-order valence-electron chi connectivity index (χ4n) is 1.89. The summed E-state index contributed by atoms with van der Waals surface area (Å²) in [6.07, 6.45) is 0. The molecule has 0 aromatic heterocycles. The Balaban J connectivity index is 2.17. The Morgan fingerprint density at radius 3 is 2.63 bits per heavy atom. The monoisotopic (exact) mass is 320 g/mol. The van der Waals surface area contributed by atoms with Crippen LogP contribution in [-0.2, 0) is 0 Å². The molecule has 0 spiro atoms. The molecule has 100 valence electrons. The maximum atomic E-state index is 6.00. The van der Waals surface area contributed by atoms with E-state index in [1.54, 1.807) is 7.11 Å². The molecule has 0 saturated heterocycles. The van der Waals surface area contributed by atoms with Crippen LogP contribution < -0.4 is 15.8 Å². The molecule has 1 atom stereocenters. The van der Waals surface area contributed by atoms with Crippen LogP contribution in [0, 0.1) is 0 Å². The summed E-state index contributed by atoms with van der Waals surface area (Å²) in [7, 11) is 1.63. The summed E-state index contributed by atoms with van der Waals surface area (Å²) in [6.45, 7) is 2.10. The maximum absolute atomic E-state index is 6.00. The third kappa shape index (κ3) is 3.41. The third-order valence-corrected chi connectivity index (χ3v) is 3.47. The van der Waals surface area contributed by atoms with Crippen LogP contribution in [0.2, 0.25) is 0 Å². The van der Waals surface area contributed by atoms with E-state index in [2.05, 4.69) is 40.3 Å². The summed E-state index contributed by atoms with van der Waals surface area (Å²) in [5.74, 6) is 0.762. The van der Waals surface area contributed by atoms with E-state index in [1.165, 1.54) is 5.56 Å². The van der Waals surface area contributed by atoms with Gasteiger partial charge in [0.1, 0.15) is 5.75 Å². The minimum Gasteiger partial charge on any atom is -0.497 e. The largest absolute Gasteiger partial charge is 0.497 e. The minimum absolute atomic E-state index is 0.174. The van der Waals surface area contributed by atoms with Gasteiger partial charge in [0, 0.05) is 16.6 Å². The van der Waals surface area contributed by atoms with E-state index < -0.39 is 0 Å². The second-order valence-electron chi connectivity index (χ2n) is 4.37. The van der Waals surface area contributed by atoms with Gasteiger partial charge in [-0.05, 0) is 36.8 Å². The van der Waals surface area contributed by atoms with Crippen LogP contribution >= 0.6 is 15.9 Å². The summed E-state index contributed by atoms with van der Waals surface area (Å²) in [4.78, 5) is 0. The fourth-order valence-corrected chi connectivity index (χ4v) is 2.31. The van der Waals surface area contributed by atoms with E-state index in [-0.39, 0.29) is 6.04 Å². The zero-order valence-corrected chi connectivity index (χ0v) is 12.6. The highest BCUT2D eigenvalue weighted by Crippen LogP contribution is 2.28. The molecule has 0 aliphatic rings. The lowest BCUT2D eigenvalue weighted by atomic mass is 10.1. The van der Waals surface area contributed by atoms with Gasteiger partial charge >= 0.3 is 0 Å². The van der Waals surface area contributed by atoms with Crippen molar-refractivity contribution in [1.82, 2.24) is 0 Å². The van der Waals surface area contributed by atoms with Crippen molar-refractivity contribution in [3.05, 3.63) is 52.5 Å². The highest BCUT2D eigenvalue weighted by atomic mass is 79.9. The van der Waals surface area contributed by atoms with Crippen LogP contribution in [-0.4, -0.2) is 7.11 Å². The van der Waals surface area contributed by atoms with E-state index in [0.717, 1.165) is 15.9 Å². The number of halogens is 1. The normalized spacial score (nSPS) is 11.9. The van der Waals surface area contributed by atoms with Gasteiger partial charge in [0.25, 0.3) is 0 Å². The van der Waals surface area contributed by atoms with E-state index in [9.17, 15) is 0 Å². The number of anilines is 2. The molecule has 0 aliphatic heterocycles. The topological polar surface area (TPSA) is 47.3 Å². The number of nitrogens with two attached hydrogens (primary N) is 1. The van der Waals surface area contributed by atoms with Crippen molar-refractivity contribution >= 4 is 27.3 Å². The van der Waals surface area contributed by atoms with Crippen molar-refractivity contribution in [2.24, 2.45) is 0 Å². The summed E-state index contributed by atoms with van der Waals surface area (Å²) in [5.41, 5.74) is 8.79. The van der Waals surface area contributed by atoms with Gasteiger partial charge in [0.05, 0.1) is 18.5 Å². The van der Waals surface area contributed by atoms with Crippen LogP contribution in [0.25, 0.3) is 0 Å². The van der Waals surface area contributed by atoms with E-state index in [0.29, 0.717) is 5.69 Å². The van der Waals surface area contributed by atoms with Gasteiger partial charge < -0.3 is 15.8 Å². The number of ether oxygens (including phenoxy) is 1. The van der Waals surface area contributed by atoms with Crippen molar-refractivity contribution < 1.29 is 4.74 Å². The molecule has 1 unspecified atom stereocenters. The zero-order valence-electron chi connectivity index (χ0n) is 11.0. The van der Waals surface area contributed by atoms with Crippen molar-refractivity contribution in [3.63, 3.8) is 0 Å². The molecular weight excluding hydrogens is 304 g/mol. The van der Waals surface area contributed by atoms with Gasteiger partial charge in [0.15, 0.2) is 0 Å². The number of nitrogens with one attached hydrogen (secondary N) is 1. The quantitative estimate of drug-likeness (QED) is 0.829. The fraction of sp³-hybridized carbons (Fsp3) is 0.200. The Labute approximate surface area is 121 Å². The Morgan fingerprint density at radius 1 is 1.21 bits per heavy atom. The molecule has 19 heavy (non-hydrogen) atoms. The van der Waals surface area contributed by atoms with Crippen LogP contribution in [0.3, 0.4) is 0 Å². The lowest BCUT2D eigenvalue weighted by Gasteiger charge is -2.18. The molecule has 0 heterocycles. The highest BCUT2D eigenvalue weighted by Gasteiger charge is 2.08. The molecule has 3 N–H and O–H groups in total. The first kappa shape index (κ1) is 13.7. The predicted octanol–water partition coefficient (Wildman–Crippen LogP) is 4.21. The van der Waals surface area contributed by atoms with E-state index >= 15 is 0 Å². The summed E-state index contributed by atoms with van der Waals surface area (Å²) >= 11 is 3.48. The van der Waals surface area contributed by atoms with Crippen molar-refractivity contribution in [2.75, 3.05) is 18.2 Å². The van der Waals surface area contributed by atoms with Gasteiger partial charge in [-0.25, -0.2) is 0 Å².